The third kappa shape index (κ3) is 4.37. The molecule has 1 unspecified atom stereocenters. The maximum atomic E-state index is 13.0. The van der Waals surface area contributed by atoms with Crippen LogP contribution >= 0.6 is 0 Å². The molecule has 1 N–H and O–H groups in total. The van der Waals surface area contributed by atoms with Crippen molar-refractivity contribution in [3.05, 3.63) is 77.9 Å². The molecule has 0 radical (unpaired) electrons. The molecule has 2 fully saturated rings. The van der Waals surface area contributed by atoms with Gasteiger partial charge in [-0.2, -0.15) is 0 Å². The summed E-state index contributed by atoms with van der Waals surface area (Å²) in [5.41, 5.74) is 3.45. The summed E-state index contributed by atoms with van der Waals surface area (Å²) >= 11 is 0. The summed E-state index contributed by atoms with van der Waals surface area (Å²) in [4.78, 5) is 4.48. The van der Waals surface area contributed by atoms with Crippen LogP contribution in [0.3, 0.4) is 0 Å². The van der Waals surface area contributed by atoms with Crippen molar-refractivity contribution >= 4 is 11.8 Å². The largest absolute Gasteiger partial charge is 0.508 e. The lowest BCUT2D eigenvalue weighted by Crippen LogP contribution is -2.38. The van der Waals surface area contributed by atoms with Gasteiger partial charge in [-0.15, -0.1) is 0 Å². The minimum absolute atomic E-state index is 0.0870. The first-order valence-electron chi connectivity index (χ1n) is 9.66. The Labute approximate surface area is 165 Å². The number of nitrogens with zero attached hydrogens (tertiary/aromatic N) is 2. The van der Waals surface area contributed by atoms with Crippen molar-refractivity contribution in [3.8, 4) is 5.75 Å². The lowest BCUT2D eigenvalue weighted by atomic mass is 10.0. The van der Waals surface area contributed by atoms with Gasteiger partial charge in [0.15, 0.2) is 5.88 Å². The van der Waals surface area contributed by atoms with Crippen molar-refractivity contribution in [1.29, 1.82) is 0 Å². The summed E-state index contributed by atoms with van der Waals surface area (Å²) in [5, 5.41) is 9.46. The van der Waals surface area contributed by atoms with Crippen molar-refractivity contribution in [2.75, 3.05) is 31.1 Å². The average Bonchev–Trinajstić information content (AvgIpc) is 3.06. The molecular formula is C23H25FN2O2. The Morgan fingerprint density at radius 1 is 1.07 bits per heavy atom. The molecule has 28 heavy (non-hydrogen) atoms. The predicted molar refractivity (Wildman–Crippen MR) is 110 cm³/mol. The van der Waals surface area contributed by atoms with E-state index in [0.717, 1.165) is 50.3 Å². The number of phenols is 1. The summed E-state index contributed by atoms with van der Waals surface area (Å²) in [5.74, 6) is 0.713. The second-order valence-corrected chi connectivity index (χ2v) is 7.42. The third-order valence-electron chi connectivity index (χ3n) is 5.35. The first-order valence-corrected chi connectivity index (χ1v) is 9.66. The standard InChI is InChI=1S/C23H25FN2O2/c1-17-26(21-6-8-22(27)9-7-21)16-23(28-17)15-25-12-10-19(11-13-25)14-18-2-4-20(24)5-3-18/h2-9,14,23,27H,1,10-13,15-16H2. The molecule has 2 heterocycles. The number of hydrogen-bond acceptors (Lipinski definition) is 4. The first-order chi connectivity index (χ1) is 13.6. The van der Waals surface area contributed by atoms with Crippen LogP contribution < -0.4 is 4.90 Å². The van der Waals surface area contributed by atoms with E-state index in [1.54, 1.807) is 12.1 Å². The van der Waals surface area contributed by atoms with Gasteiger partial charge in [-0.3, -0.25) is 4.90 Å². The Kier molecular flexibility index (Phi) is 5.35. The quantitative estimate of drug-likeness (QED) is 0.854. The van der Waals surface area contributed by atoms with Crippen molar-refractivity contribution < 1.29 is 14.2 Å². The van der Waals surface area contributed by atoms with Gasteiger partial charge in [0.2, 0.25) is 0 Å². The molecule has 0 saturated carbocycles. The topological polar surface area (TPSA) is 35.9 Å². The van der Waals surface area contributed by atoms with Crippen LogP contribution in [0.15, 0.2) is 66.6 Å². The Morgan fingerprint density at radius 2 is 1.75 bits per heavy atom. The van der Waals surface area contributed by atoms with E-state index < -0.39 is 0 Å². The summed E-state index contributed by atoms with van der Waals surface area (Å²) < 4.78 is 19.0. The van der Waals surface area contributed by atoms with Crippen molar-refractivity contribution in [2.45, 2.75) is 18.9 Å². The van der Waals surface area contributed by atoms with E-state index in [-0.39, 0.29) is 17.7 Å². The summed E-state index contributed by atoms with van der Waals surface area (Å²) in [6.45, 7) is 7.66. The number of hydrogen-bond donors (Lipinski definition) is 1. The molecule has 4 nitrogen and oxygen atoms in total. The second-order valence-electron chi connectivity index (χ2n) is 7.42. The van der Waals surface area contributed by atoms with Crippen LogP contribution in [-0.4, -0.2) is 42.3 Å². The molecule has 1 atom stereocenters. The molecule has 2 saturated heterocycles. The molecule has 2 aliphatic heterocycles. The Hall–Kier alpha value is -2.79. The van der Waals surface area contributed by atoms with E-state index in [9.17, 15) is 9.50 Å². The number of likely N-dealkylation sites (tertiary alicyclic amines) is 1. The molecule has 0 spiro atoms. The summed E-state index contributed by atoms with van der Waals surface area (Å²) in [6.07, 6.45) is 4.31. The fraction of sp³-hybridized carbons (Fsp3) is 0.304. The van der Waals surface area contributed by atoms with Gasteiger partial charge in [-0.05, 0) is 61.4 Å². The van der Waals surface area contributed by atoms with E-state index >= 15 is 0 Å². The van der Waals surface area contributed by atoms with Gasteiger partial charge in [0, 0.05) is 25.3 Å². The molecule has 2 aromatic carbocycles. The minimum atomic E-state index is -0.198. The highest BCUT2D eigenvalue weighted by atomic mass is 19.1. The molecule has 4 rings (SSSR count). The van der Waals surface area contributed by atoms with Gasteiger partial charge in [0.25, 0.3) is 0 Å². The molecule has 146 valence electrons. The average molecular weight is 380 g/mol. The maximum absolute atomic E-state index is 13.0. The predicted octanol–water partition coefficient (Wildman–Crippen LogP) is 4.39. The molecule has 0 aliphatic carbocycles. The van der Waals surface area contributed by atoms with Crippen molar-refractivity contribution in [3.63, 3.8) is 0 Å². The van der Waals surface area contributed by atoms with Gasteiger partial charge in [0.05, 0.1) is 6.54 Å². The lowest BCUT2D eigenvalue weighted by Gasteiger charge is -2.29. The van der Waals surface area contributed by atoms with E-state index in [2.05, 4.69) is 17.6 Å². The van der Waals surface area contributed by atoms with Crippen LogP contribution in [0.25, 0.3) is 6.08 Å². The Balaban J connectivity index is 1.30. The lowest BCUT2D eigenvalue weighted by molar-refractivity contribution is 0.110. The van der Waals surface area contributed by atoms with Gasteiger partial charge in [-0.1, -0.05) is 23.8 Å². The molecule has 0 aromatic heterocycles. The maximum Gasteiger partial charge on any atom is 0.186 e. The first kappa shape index (κ1) is 18.6. The van der Waals surface area contributed by atoms with Crippen molar-refractivity contribution in [1.82, 2.24) is 4.90 Å². The number of benzene rings is 2. The summed E-state index contributed by atoms with van der Waals surface area (Å²) in [6, 6.07) is 13.8. The van der Waals surface area contributed by atoms with E-state index in [4.69, 9.17) is 4.74 Å². The zero-order valence-corrected chi connectivity index (χ0v) is 15.9. The highest BCUT2D eigenvalue weighted by molar-refractivity contribution is 5.54. The second kappa shape index (κ2) is 8.07. The number of aromatic hydroxyl groups is 1. The van der Waals surface area contributed by atoms with Crippen LogP contribution in [0.4, 0.5) is 10.1 Å². The SMILES string of the molecule is C=C1OC(CN2CCC(=Cc3ccc(F)cc3)CC2)CN1c1ccc(O)cc1. The zero-order valence-electron chi connectivity index (χ0n) is 15.9. The smallest absolute Gasteiger partial charge is 0.186 e. The van der Waals surface area contributed by atoms with Crippen LogP contribution in [0.5, 0.6) is 5.75 Å². The Morgan fingerprint density at radius 3 is 2.43 bits per heavy atom. The number of halogens is 1. The molecule has 0 bridgehead atoms. The number of anilines is 1. The number of ether oxygens (including phenoxy) is 1. The van der Waals surface area contributed by atoms with Crippen LogP contribution in [-0.2, 0) is 4.74 Å². The van der Waals surface area contributed by atoms with E-state index in [1.165, 1.54) is 17.7 Å². The molecule has 0 amide bonds. The normalized spacial score (nSPS) is 20.3. The monoisotopic (exact) mass is 380 g/mol. The Bertz CT molecular complexity index is 851. The fourth-order valence-corrected chi connectivity index (χ4v) is 3.83. The molecule has 5 heteroatoms. The van der Waals surface area contributed by atoms with Crippen LogP contribution in [0.1, 0.15) is 18.4 Å². The fourth-order valence-electron chi connectivity index (χ4n) is 3.83. The van der Waals surface area contributed by atoms with E-state index in [0.29, 0.717) is 5.88 Å². The molecular weight excluding hydrogens is 355 g/mol. The van der Waals surface area contributed by atoms with Gasteiger partial charge in [0.1, 0.15) is 17.7 Å². The van der Waals surface area contributed by atoms with E-state index in [1.807, 2.05) is 29.2 Å². The molecule has 2 aromatic rings. The summed E-state index contributed by atoms with van der Waals surface area (Å²) in [7, 11) is 0. The third-order valence-corrected chi connectivity index (χ3v) is 5.35. The van der Waals surface area contributed by atoms with Crippen molar-refractivity contribution in [2.24, 2.45) is 0 Å². The minimum Gasteiger partial charge on any atom is -0.508 e. The number of rotatable bonds is 4. The van der Waals surface area contributed by atoms with Gasteiger partial charge in [-0.25, -0.2) is 4.39 Å². The number of piperidine rings is 1. The highest BCUT2D eigenvalue weighted by Crippen LogP contribution is 2.29. The van der Waals surface area contributed by atoms with Gasteiger partial charge >= 0.3 is 0 Å². The zero-order chi connectivity index (χ0) is 19.5. The molecule has 2 aliphatic rings. The highest BCUT2D eigenvalue weighted by Gasteiger charge is 2.30. The van der Waals surface area contributed by atoms with Crippen LogP contribution in [0, 0.1) is 5.82 Å². The van der Waals surface area contributed by atoms with Gasteiger partial charge < -0.3 is 14.7 Å². The number of phenolic OH excluding ortho intramolecular Hbond substituents is 1. The van der Waals surface area contributed by atoms with Crippen LogP contribution in [0.2, 0.25) is 0 Å².